The lowest BCUT2D eigenvalue weighted by Crippen LogP contribution is -2.29. The fourth-order valence-corrected chi connectivity index (χ4v) is 2.67. The lowest BCUT2D eigenvalue weighted by Gasteiger charge is -2.25. The molecule has 1 aliphatic heterocycles. The second kappa shape index (κ2) is 5.51. The number of carbonyl (C=O) groups is 1. The topological polar surface area (TPSA) is 33.2 Å². The van der Waals surface area contributed by atoms with Gasteiger partial charge >= 0.3 is 0 Å². The number of rotatable bonds is 0. The van der Waals surface area contributed by atoms with Crippen molar-refractivity contribution in [3.05, 3.63) is 57.3 Å². The van der Waals surface area contributed by atoms with E-state index in [0.717, 1.165) is 22.5 Å². The molecular formula is C16H12Cl2N2O. The maximum absolute atomic E-state index is 12.0. The Kier molecular flexibility index (Phi) is 3.70. The number of anilines is 1. The van der Waals surface area contributed by atoms with E-state index in [0.29, 0.717) is 16.7 Å². The number of aromatic nitrogens is 1. The number of carbonyl (C=O) groups excluding carboxylic acids is 1. The molecule has 0 N–H and O–H groups in total. The van der Waals surface area contributed by atoms with E-state index < -0.39 is 0 Å². The van der Waals surface area contributed by atoms with Crippen molar-refractivity contribution in [3.8, 4) is 0 Å². The van der Waals surface area contributed by atoms with Gasteiger partial charge in [0.25, 0.3) is 0 Å². The van der Waals surface area contributed by atoms with E-state index in [9.17, 15) is 4.79 Å². The SMILES string of the molecule is CC(=O)N1Cc2ccc(Cl)nc2/C=C\c2ccc(Cl)cc21. The van der Waals surface area contributed by atoms with Crippen LogP contribution in [0.1, 0.15) is 23.7 Å². The lowest BCUT2D eigenvalue weighted by molar-refractivity contribution is -0.116. The summed E-state index contributed by atoms with van der Waals surface area (Å²) in [5, 5.41) is 1.04. The smallest absolute Gasteiger partial charge is 0.224 e. The molecule has 2 aromatic rings. The molecule has 0 atom stereocenters. The fourth-order valence-electron chi connectivity index (χ4n) is 2.35. The molecule has 0 saturated heterocycles. The van der Waals surface area contributed by atoms with E-state index in [4.69, 9.17) is 23.2 Å². The second-order valence-corrected chi connectivity index (χ2v) is 5.64. The molecule has 5 heteroatoms. The molecule has 0 fully saturated rings. The first-order chi connectivity index (χ1) is 10.0. The van der Waals surface area contributed by atoms with Crippen LogP contribution in [0.15, 0.2) is 30.3 Å². The molecule has 0 radical (unpaired) electrons. The van der Waals surface area contributed by atoms with Gasteiger partial charge in [-0.3, -0.25) is 4.79 Å². The molecule has 106 valence electrons. The first-order valence-electron chi connectivity index (χ1n) is 6.46. The largest absolute Gasteiger partial charge is 0.308 e. The first kappa shape index (κ1) is 14.1. The average molecular weight is 319 g/mol. The number of pyridine rings is 1. The van der Waals surface area contributed by atoms with Gasteiger partial charge in [0.05, 0.1) is 17.9 Å². The van der Waals surface area contributed by atoms with E-state index in [-0.39, 0.29) is 5.91 Å². The minimum absolute atomic E-state index is 0.0466. The number of amides is 1. The number of halogens is 2. The molecule has 1 amide bonds. The summed E-state index contributed by atoms with van der Waals surface area (Å²) in [6.45, 7) is 1.98. The summed E-state index contributed by atoms with van der Waals surface area (Å²) >= 11 is 12.0. The van der Waals surface area contributed by atoms with Gasteiger partial charge < -0.3 is 4.90 Å². The normalized spacial score (nSPS) is 14.7. The summed E-state index contributed by atoms with van der Waals surface area (Å²) in [6, 6.07) is 9.11. The quantitative estimate of drug-likeness (QED) is 0.673. The van der Waals surface area contributed by atoms with E-state index in [1.165, 1.54) is 0 Å². The number of benzene rings is 1. The van der Waals surface area contributed by atoms with Gasteiger partial charge in [-0.1, -0.05) is 41.4 Å². The van der Waals surface area contributed by atoms with Crippen molar-refractivity contribution >= 4 is 46.9 Å². The Hall–Kier alpha value is -1.84. The van der Waals surface area contributed by atoms with E-state index in [2.05, 4.69) is 4.98 Å². The molecular weight excluding hydrogens is 307 g/mol. The van der Waals surface area contributed by atoms with E-state index >= 15 is 0 Å². The molecule has 3 nitrogen and oxygen atoms in total. The molecule has 0 saturated carbocycles. The Morgan fingerprint density at radius 2 is 2.00 bits per heavy atom. The standard InChI is InChI=1S/C16H12Cl2N2O/c1-10(21)20-9-12-4-7-16(18)19-14(12)6-3-11-2-5-13(17)8-15(11)20/h2-8H,9H2,1H3/b6-3-. The van der Waals surface area contributed by atoms with Gasteiger partial charge in [0.2, 0.25) is 5.91 Å². The maximum atomic E-state index is 12.0. The summed E-state index contributed by atoms with van der Waals surface area (Å²) in [7, 11) is 0. The van der Waals surface area contributed by atoms with Crippen molar-refractivity contribution in [2.75, 3.05) is 4.90 Å². The predicted molar refractivity (Wildman–Crippen MR) is 86.5 cm³/mol. The zero-order valence-electron chi connectivity index (χ0n) is 11.3. The number of nitrogens with zero attached hydrogens (tertiary/aromatic N) is 2. The molecule has 2 heterocycles. The second-order valence-electron chi connectivity index (χ2n) is 4.82. The molecule has 0 aliphatic carbocycles. The van der Waals surface area contributed by atoms with Gasteiger partial charge in [-0.25, -0.2) is 4.98 Å². The summed E-state index contributed by atoms with van der Waals surface area (Å²) in [4.78, 5) is 18.0. The zero-order valence-corrected chi connectivity index (χ0v) is 12.8. The van der Waals surface area contributed by atoms with Crippen LogP contribution in [-0.4, -0.2) is 10.9 Å². The van der Waals surface area contributed by atoms with Crippen LogP contribution in [0, 0.1) is 0 Å². The van der Waals surface area contributed by atoms with Gasteiger partial charge in [0.1, 0.15) is 5.15 Å². The molecule has 3 rings (SSSR count). The Balaban J connectivity index is 2.21. The van der Waals surface area contributed by atoms with Crippen LogP contribution in [-0.2, 0) is 11.3 Å². The molecule has 0 bridgehead atoms. The number of fused-ring (bicyclic) bond motifs is 2. The van der Waals surface area contributed by atoms with Crippen LogP contribution < -0.4 is 4.90 Å². The molecule has 0 unspecified atom stereocenters. The van der Waals surface area contributed by atoms with Gasteiger partial charge in [0, 0.05) is 11.9 Å². The minimum atomic E-state index is -0.0466. The predicted octanol–water partition coefficient (Wildman–Crippen LogP) is 4.43. The van der Waals surface area contributed by atoms with Crippen molar-refractivity contribution in [2.45, 2.75) is 13.5 Å². The van der Waals surface area contributed by atoms with Crippen LogP contribution in [0.2, 0.25) is 10.2 Å². The Morgan fingerprint density at radius 3 is 2.76 bits per heavy atom. The first-order valence-corrected chi connectivity index (χ1v) is 7.21. The summed E-state index contributed by atoms with van der Waals surface area (Å²) < 4.78 is 0. The van der Waals surface area contributed by atoms with Gasteiger partial charge in [-0.15, -0.1) is 0 Å². The van der Waals surface area contributed by atoms with Gasteiger partial charge in [0.15, 0.2) is 0 Å². The van der Waals surface area contributed by atoms with Gasteiger partial charge in [-0.2, -0.15) is 0 Å². The van der Waals surface area contributed by atoms with Crippen LogP contribution in [0.5, 0.6) is 0 Å². The molecule has 1 aromatic carbocycles. The lowest BCUT2D eigenvalue weighted by atomic mass is 10.0. The average Bonchev–Trinajstić information content (AvgIpc) is 2.42. The third-order valence-electron chi connectivity index (χ3n) is 3.39. The summed E-state index contributed by atoms with van der Waals surface area (Å²) in [5.41, 5.74) is 3.43. The molecule has 1 aromatic heterocycles. The van der Waals surface area contributed by atoms with Gasteiger partial charge in [-0.05, 0) is 35.4 Å². The van der Waals surface area contributed by atoms with Crippen molar-refractivity contribution < 1.29 is 4.79 Å². The van der Waals surface area contributed by atoms with Crippen LogP contribution >= 0.6 is 23.2 Å². The Labute approximate surface area is 132 Å². The number of hydrogen-bond donors (Lipinski definition) is 0. The van der Waals surface area contributed by atoms with Crippen molar-refractivity contribution in [1.29, 1.82) is 0 Å². The highest BCUT2D eigenvalue weighted by Crippen LogP contribution is 2.31. The monoisotopic (exact) mass is 318 g/mol. The summed E-state index contributed by atoms with van der Waals surface area (Å²) in [6.07, 6.45) is 3.83. The zero-order chi connectivity index (χ0) is 15.0. The Bertz CT molecular complexity index is 756. The highest BCUT2D eigenvalue weighted by molar-refractivity contribution is 6.31. The minimum Gasteiger partial charge on any atom is -0.308 e. The third kappa shape index (κ3) is 2.80. The van der Waals surface area contributed by atoms with Crippen molar-refractivity contribution in [1.82, 2.24) is 4.98 Å². The third-order valence-corrected chi connectivity index (χ3v) is 3.84. The highest BCUT2D eigenvalue weighted by atomic mass is 35.5. The summed E-state index contributed by atoms with van der Waals surface area (Å²) in [5.74, 6) is -0.0466. The molecule has 1 aliphatic rings. The Morgan fingerprint density at radius 1 is 1.19 bits per heavy atom. The molecule has 0 spiro atoms. The van der Waals surface area contributed by atoms with E-state index in [1.54, 1.807) is 30.0 Å². The maximum Gasteiger partial charge on any atom is 0.224 e. The highest BCUT2D eigenvalue weighted by Gasteiger charge is 2.19. The van der Waals surface area contributed by atoms with Crippen LogP contribution in [0.25, 0.3) is 12.2 Å². The fraction of sp³-hybridized carbons (Fsp3) is 0.125. The van der Waals surface area contributed by atoms with Crippen molar-refractivity contribution in [3.63, 3.8) is 0 Å². The van der Waals surface area contributed by atoms with E-state index in [1.807, 2.05) is 24.3 Å². The van der Waals surface area contributed by atoms with Crippen LogP contribution in [0.3, 0.4) is 0 Å². The van der Waals surface area contributed by atoms with Crippen LogP contribution in [0.4, 0.5) is 5.69 Å². The van der Waals surface area contributed by atoms with Crippen molar-refractivity contribution in [2.24, 2.45) is 0 Å². The molecule has 21 heavy (non-hydrogen) atoms. The number of hydrogen-bond acceptors (Lipinski definition) is 2.